The Morgan fingerprint density at radius 3 is 3.00 bits per heavy atom. The highest BCUT2D eigenvalue weighted by atomic mass is 16.1. The number of carbonyl (C=O) groups excluding carboxylic acids is 1. The molecular formula is C16H20N4O. The van der Waals surface area contributed by atoms with Gasteiger partial charge in [0.15, 0.2) is 0 Å². The molecule has 2 unspecified atom stereocenters. The van der Waals surface area contributed by atoms with Crippen LogP contribution in [0.1, 0.15) is 18.2 Å². The fourth-order valence-electron chi connectivity index (χ4n) is 2.78. The lowest BCUT2D eigenvalue weighted by molar-refractivity contribution is -0.125. The lowest BCUT2D eigenvalue weighted by Crippen LogP contribution is -2.43. The van der Waals surface area contributed by atoms with E-state index in [4.69, 9.17) is 0 Å². The quantitative estimate of drug-likeness (QED) is 0.902. The topological polar surface area (TPSA) is 59.0 Å². The van der Waals surface area contributed by atoms with E-state index in [1.165, 1.54) is 5.56 Å². The van der Waals surface area contributed by atoms with Gasteiger partial charge in [0.2, 0.25) is 5.91 Å². The van der Waals surface area contributed by atoms with Crippen molar-refractivity contribution in [3.05, 3.63) is 47.8 Å². The van der Waals surface area contributed by atoms with Crippen molar-refractivity contribution < 1.29 is 4.79 Å². The summed E-state index contributed by atoms with van der Waals surface area (Å²) in [5.74, 6) is 0.0266. The normalized spacial score (nSPS) is 20.5. The summed E-state index contributed by atoms with van der Waals surface area (Å²) in [6, 6.07) is 10.2. The van der Waals surface area contributed by atoms with Gasteiger partial charge in [-0.2, -0.15) is 5.10 Å². The zero-order chi connectivity index (χ0) is 14.8. The van der Waals surface area contributed by atoms with E-state index in [1.54, 1.807) is 4.68 Å². The summed E-state index contributed by atoms with van der Waals surface area (Å²) in [5, 5.41) is 10.7. The first-order valence-electron chi connectivity index (χ1n) is 7.24. The van der Waals surface area contributed by atoms with E-state index in [1.807, 2.05) is 31.4 Å². The maximum atomic E-state index is 12.4. The van der Waals surface area contributed by atoms with Crippen LogP contribution in [0.3, 0.4) is 0 Å². The first-order chi connectivity index (χ1) is 10.1. The number of benzene rings is 1. The van der Waals surface area contributed by atoms with E-state index in [0.717, 1.165) is 17.8 Å². The average molecular weight is 284 g/mol. The number of amides is 1. The Bertz CT molecular complexity index is 649. The Balaban J connectivity index is 1.65. The number of para-hydroxylation sites is 1. The van der Waals surface area contributed by atoms with Crippen LogP contribution in [-0.4, -0.2) is 21.7 Å². The molecule has 110 valence electrons. The largest absolute Gasteiger partial charge is 0.382 e. The maximum absolute atomic E-state index is 12.4. The number of nitrogens with zero attached hydrogens (tertiary/aromatic N) is 2. The number of rotatable bonds is 3. The zero-order valence-corrected chi connectivity index (χ0v) is 12.3. The van der Waals surface area contributed by atoms with E-state index < -0.39 is 0 Å². The van der Waals surface area contributed by atoms with E-state index >= 15 is 0 Å². The molecule has 0 bridgehead atoms. The molecule has 0 spiro atoms. The van der Waals surface area contributed by atoms with Crippen LogP contribution in [0, 0.1) is 5.92 Å². The molecule has 0 radical (unpaired) electrons. The van der Waals surface area contributed by atoms with Crippen molar-refractivity contribution in [2.75, 3.05) is 5.32 Å². The molecular weight excluding hydrogens is 264 g/mol. The smallest absolute Gasteiger partial charge is 0.225 e. The van der Waals surface area contributed by atoms with Gasteiger partial charge in [-0.05, 0) is 31.0 Å². The third-order valence-electron chi connectivity index (χ3n) is 3.99. The fourth-order valence-corrected chi connectivity index (χ4v) is 2.78. The molecule has 1 aliphatic heterocycles. The van der Waals surface area contributed by atoms with Crippen LogP contribution in [0.4, 0.5) is 5.69 Å². The number of carbonyl (C=O) groups is 1. The van der Waals surface area contributed by atoms with E-state index in [-0.39, 0.29) is 17.9 Å². The minimum absolute atomic E-state index is 0.0522. The van der Waals surface area contributed by atoms with Crippen LogP contribution in [0.2, 0.25) is 0 Å². The van der Waals surface area contributed by atoms with Crippen LogP contribution in [0.5, 0.6) is 0 Å². The number of hydrogen-bond acceptors (Lipinski definition) is 3. The molecule has 1 aliphatic rings. The van der Waals surface area contributed by atoms with Crippen LogP contribution in [0.15, 0.2) is 36.5 Å². The molecule has 0 saturated carbocycles. The van der Waals surface area contributed by atoms with Crippen LogP contribution in [0.25, 0.3) is 0 Å². The van der Waals surface area contributed by atoms with Gasteiger partial charge in [0.25, 0.3) is 0 Å². The summed E-state index contributed by atoms with van der Waals surface area (Å²) in [6.07, 6.45) is 2.65. The number of nitrogens with one attached hydrogen (secondary N) is 2. The van der Waals surface area contributed by atoms with Crippen molar-refractivity contribution in [3.63, 3.8) is 0 Å². The van der Waals surface area contributed by atoms with Crippen molar-refractivity contribution in [1.82, 2.24) is 15.1 Å². The Morgan fingerprint density at radius 1 is 1.43 bits per heavy atom. The Morgan fingerprint density at radius 2 is 2.24 bits per heavy atom. The minimum atomic E-state index is -0.0522. The molecule has 5 nitrogen and oxygen atoms in total. The second-order valence-electron chi connectivity index (χ2n) is 5.60. The summed E-state index contributed by atoms with van der Waals surface area (Å²) in [4.78, 5) is 12.4. The Kier molecular flexibility index (Phi) is 3.64. The Hall–Kier alpha value is -2.30. The number of fused-ring (bicyclic) bond motifs is 1. The van der Waals surface area contributed by atoms with Gasteiger partial charge in [-0.15, -0.1) is 0 Å². The predicted octanol–water partition coefficient (Wildman–Crippen LogP) is 1.71. The monoisotopic (exact) mass is 284 g/mol. The molecule has 0 saturated heterocycles. The van der Waals surface area contributed by atoms with Gasteiger partial charge >= 0.3 is 0 Å². The van der Waals surface area contributed by atoms with Crippen molar-refractivity contribution in [2.24, 2.45) is 13.0 Å². The van der Waals surface area contributed by atoms with Gasteiger partial charge < -0.3 is 10.6 Å². The molecule has 5 heteroatoms. The standard InChI is InChI=1S/C16H20N4O/c1-11-14(9-12-5-3-4-6-15(12)18-11)16(21)17-10-13-7-8-20(2)19-13/h3-8,11,14,18H,9-10H2,1-2H3,(H,17,21). The molecule has 1 aromatic heterocycles. The zero-order valence-electron chi connectivity index (χ0n) is 12.3. The molecule has 21 heavy (non-hydrogen) atoms. The fraction of sp³-hybridized carbons (Fsp3) is 0.375. The van der Waals surface area contributed by atoms with Gasteiger partial charge in [-0.25, -0.2) is 0 Å². The SMILES string of the molecule is CC1Nc2ccccc2CC1C(=O)NCc1ccn(C)n1. The summed E-state index contributed by atoms with van der Waals surface area (Å²) < 4.78 is 1.74. The molecule has 1 aromatic carbocycles. The lowest BCUT2D eigenvalue weighted by atomic mass is 9.87. The first kappa shape index (κ1) is 13.7. The van der Waals surface area contributed by atoms with Gasteiger partial charge in [-0.1, -0.05) is 18.2 Å². The van der Waals surface area contributed by atoms with E-state index in [2.05, 4.69) is 34.8 Å². The van der Waals surface area contributed by atoms with Crippen molar-refractivity contribution >= 4 is 11.6 Å². The molecule has 2 atom stereocenters. The Labute approximate surface area is 124 Å². The van der Waals surface area contributed by atoms with E-state index in [9.17, 15) is 4.79 Å². The molecule has 2 aromatic rings. The summed E-state index contributed by atoms with van der Waals surface area (Å²) in [7, 11) is 1.87. The molecule has 0 fully saturated rings. The van der Waals surface area contributed by atoms with Gasteiger partial charge in [-0.3, -0.25) is 9.48 Å². The molecule has 0 aliphatic carbocycles. The van der Waals surface area contributed by atoms with Crippen LogP contribution < -0.4 is 10.6 Å². The summed E-state index contributed by atoms with van der Waals surface area (Å²) >= 11 is 0. The van der Waals surface area contributed by atoms with Crippen molar-refractivity contribution in [2.45, 2.75) is 25.9 Å². The van der Waals surface area contributed by atoms with Crippen LogP contribution in [-0.2, 0) is 24.8 Å². The number of aromatic nitrogens is 2. The molecule has 3 rings (SSSR count). The lowest BCUT2D eigenvalue weighted by Gasteiger charge is -2.31. The second-order valence-corrected chi connectivity index (χ2v) is 5.60. The molecule has 2 heterocycles. The third kappa shape index (κ3) is 2.91. The highest BCUT2D eigenvalue weighted by molar-refractivity contribution is 5.81. The highest BCUT2D eigenvalue weighted by Crippen LogP contribution is 2.28. The maximum Gasteiger partial charge on any atom is 0.225 e. The third-order valence-corrected chi connectivity index (χ3v) is 3.99. The molecule has 2 N–H and O–H groups in total. The van der Waals surface area contributed by atoms with Gasteiger partial charge in [0, 0.05) is 25.0 Å². The van der Waals surface area contributed by atoms with Crippen LogP contribution >= 0.6 is 0 Å². The summed E-state index contributed by atoms with van der Waals surface area (Å²) in [5.41, 5.74) is 3.22. The van der Waals surface area contributed by atoms with Crippen molar-refractivity contribution in [1.29, 1.82) is 0 Å². The van der Waals surface area contributed by atoms with E-state index in [0.29, 0.717) is 6.54 Å². The number of aryl methyl sites for hydroxylation is 1. The average Bonchev–Trinajstić information content (AvgIpc) is 2.89. The second kappa shape index (κ2) is 5.60. The molecule has 1 amide bonds. The predicted molar refractivity (Wildman–Crippen MR) is 81.8 cm³/mol. The van der Waals surface area contributed by atoms with Crippen molar-refractivity contribution in [3.8, 4) is 0 Å². The minimum Gasteiger partial charge on any atom is -0.382 e. The van der Waals surface area contributed by atoms with Gasteiger partial charge in [0.05, 0.1) is 18.2 Å². The number of hydrogen-bond donors (Lipinski definition) is 2. The highest BCUT2D eigenvalue weighted by Gasteiger charge is 2.30. The van der Waals surface area contributed by atoms with Gasteiger partial charge in [0.1, 0.15) is 0 Å². The number of anilines is 1. The first-order valence-corrected chi connectivity index (χ1v) is 7.24. The summed E-state index contributed by atoms with van der Waals surface area (Å²) in [6.45, 7) is 2.53.